The first-order valence-corrected chi connectivity index (χ1v) is 7.04. The summed E-state index contributed by atoms with van der Waals surface area (Å²) in [7, 11) is -1.43. The molecule has 0 saturated carbocycles. The predicted octanol–water partition coefficient (Wildman–Crippen LogP) is 1.73. The molecule has 0 bridgehead atoms. The molecule has 0 fully saturated rings. The Hall–Kier alpha value is -1.49. The summed E-state index contributed by atoms with van der Waals surface area (Å²) < 4.78 is 27.8. The topological polar surface area (TPSA) is 55.4 Å². The van der Waals surface area contributed by atoms with E-state index in [1.807, 2.05) is 25.1 Å². The number of hydrogen-bond acceptors (Lipinski definition) is 4. The molecule has 1 N–H and O–H groups in total. The van der Waals surface area contributed by atoms with Gasteiger partial charge in [0.1, 0.15) is 5.75 Å². The minimum absolute atomic E-state index is 0.101. The second-order valence-electron chi connectivity index (χ2n) is 4.11. The van der Waals surface area contributed by atoms with Gasteiger partial charge in [-0.15, -0.1) is 0 Å². The normalized spacial score (nSPS) is 21.4. The van der Waals surface area contributed by atoms with Gasteiger partial charge in [-0.25, -0.2) is 8.42 Å². The van der Waals surface area contributed by atoms with Gasteiger partial charge in [0.2, 0.25) is 0 Å². The maximum absolute atomic E-state index is 11.3. The van der Waals surface area contributed by atoms with Gasteiger partial charge >= 0.3 is 0 Å². The molecule has 0 saturated heterocycles. The Morgan fingerprint density at radius 3 is 2.76 bits per heavy atom. The molecule has 5 heteroatoms. The average molecular weight is 253 g/mol. The zero-order valence-electron chi connectivity index (χ0n) is 9.80. The highest BCUT2D eigenvalue weighted by atomic mass is 32.2. The fourth-order valence-corrected chi connectivity index (χ4v) is 3.04. The van der Waals surface area contributed by atoms with E-state index in [0.717, 1.165) is 11.3 Å². The Kier molecular flexibility index (Phi) is 3.11. The molecule has 0 amide bonds. The standard InChI is InChI=1S/C12H15NO3S/c1-9-3-4-12(16-2)11(7-9)13-10-5-6-17(14,15)8-10/h3-7,10,13H,8H2,1-2H3. The third-order valence-corrected chi connectivity index (χ3v) is 4.02. The Morgan fingerprint density at radius 2 is 2.18 bits per heavy atom. The van der Waals surface area contributed by atoms with Gasteiger partial charge in [-0.2, -0.15) is 0 Å². The largest absolute Gasteiger partial charge is 0.495 e. The Labute approximate surface area is 101 Å². The molecule has 0 aromatic heterocycles. The highest BCUT2D eigenvalue weighted by Crippen LogP contribution is 2.27. The summed E-state index contributed by atoms with van der Waals surface area (Å²) in [5, 5.41) is 4.42. The molecular weight excluding hydrogens is 238 g/mol. The molecule has 1 aromatic carbocycles. The average Bonchev–Trinajstić information content (AvgIpc) is 2.58. The molecule has 1 unspecified atom stereocenters. The van der Waals surface area contributed by atoms with E-state index in [0.29, 0.717) is 5.75 Å². The third-order valence-electron chi connectivity index (χ3n) is 2.63. The number of ether oxygens (including phenoxy) is 1. The molecular formula is C12H15NO3S. The SMILES string of the molecule is COc1ccc(C)cc1NC1C=CS(=O)(=O)C1. The fraction of sp³-hybridized carbons (Fsp3) is 0.333. The third kappa shape index (κ3) is 2.79. The van der Waals surface area contributed by atoms with Crippen LogP contribution in [0.15, 0.2) is 29.7 Å². The molecule has 1 atom stereocenters. The minimum Gasteiger partial charge on any atom is -0.495 e. The number of aryl methyl sites for hydroxylation is 1. The van der Waals surface area contributed by atoms with Crippen molar-refractivity contribution in [2.45, 2.75) is 13.0 Å². The zero-order chi connectivity index (χ0) is 12.5. The van der Waals surface area contributed by atoms with Gasteiger partial charge in [0, 0.05) is 5.41 Å². The van der Waals surface area contributed by atoms with Crippen molar-refractivity contribution in [2.75, 3.05) is 18.2 Å². The molecule has 1 heterocycles. The molecule has 4 nitrogen and oxygen atoms in total. The van der Waals surface area contributed by atoms with E-state index >= 15 is 0 Å². The number of benzene rings is 1. The van der Waals surface area contributed by atoms with Crippen molar-refractivity contribution in [1.82, 2.24) is 0 Å². The van der Waals surface area contributed by atoms with E-state index in [4.69, 9.17) is 4.74 Å². The van der Waals surface area contributed by atoms with Crippen molar-refractivity contribution in [3.8, 4) is 5.75 Å². The monoisotopic (exact) mass is 253 g/mol. The van der Waals surface area contributed by atoms with E-state index < -0.39 is 9.84 Å². The summed E-state index contributed by atoms with van der Waals surface area (Å²) in [4.78, 5) is 0. The van der Waals surface area contributed by atoms with Crippen LogP contribution in [0.25, 0.3) is 0 Å². The van der Waals surface area contributed by atoms with Gasteiger partial charge in [-0.1, -0.05) is 12.1 Å². The van der Waals surface area contributed by atoms with E-state index in [9.17, 15) is 8.42 Å². The summed E-state index contributed by atoms with van der Waals surface area (Å²) in [5.74, 6) is 0.817. The van der Waals surface area contributed by atoms with Crippen molar-refractivity contribution in [3.63, 3.8) is 0 Å². The Balaban J connectivity index is 2.19. The Bertz CT molecular complexity index is 549. The van der Waals surface area contributed by atoms with Gasteiger partial charge < -0.3 is 10.1 Å². The molecule has 1 aliphatic rings. The molecule has 0 spiro atoms. The van der Waals surface area contributed by atoms with Crippen molar-refractivity contribution >= 4 is 15.5 Å². The van der Waals surface area contributed by atoms with Crippen LogP contribution in [0.2, 0.25) is 0 Å². The van der Waals surface area contributed by atoms with Gasteiger partial charge in [-0.3, -0.25) is 0 Å². The number of methoxy groups -OCH3 is 1. The number of anilines is 1. The number of rotatable bonds is 3. The summed E-state index contributed by atoms with van der Waals surface area (Å²) >= 11 is 0. The maximum atomic E-state index is 11.3. The quantitative estimate of drug-likeness (QED) is 0.891. The fourth-order valence-electron chi connectivity index (χ4n) is 1.80. The van der Waals surface area contributed by atoms with Crippen LogP contribution in [0, 0.1) is 6.92 Å². The van der Waals surface area contributed by atoms with Crippen LogP contribution in [0.3, 0.4) is 0 Å². The van der Waals surface area contributed by atoms with Crippen LogP contribution < -0.4 is 10.1 Å². The first-order valence-electron chi connectivity index (χ1n) is 5.32. The van der Waals surface area contributed by atoms with Crippen LogP contribution in [0.4, 0.5) is 5.69 Å². The lowest BCUT2D eigenvalue weighted by molar-refractivity contribution is 0.416. The first-order chi connectivity index (χ1) is 8.00. The van der Waals surface area contributed by atoms with Gasteiger partial charge in [0.15, 0.2) is 9.84 Å². The van der Waals surface area contributed by atoms with Crippen LogP contribution in [0.5, 0.6) is 5.75 Å². The smallest absolute Gasteiger partial charge is 0.173 e. The summed E-state index contributed by atoms with van der Waals surface area (Å²) in [6.45, 7) is 1.98. The van der Waals surface area contributed by atoms with E-state index in [-0.39, 0.29) is 11.8 Å². The molecule has 1 aliphatic heterocycles. The van der Waals surface area contributed by atoms with E-state index in [1.165, 1.54) is 5.41 Å². The zero-order valence-corrected chi connectivity index (χ0v) is 10.6. The number of nitrogens with one attached hydrogen (secondary N) is 1. The van der Waals surface area contributed by atoms with Crippen molar-refractivity contribution in [1.29, 1.82) is 0 Å². The van der Waals surface area contributed by atoms with E-state index in [2.05, 4.69) is 5.32 Å². The number of hydrogen-bond donors (Lipinski definition) is 1. The van der Waals surface area contributed by atoms with Gasteiger partial charge in [-0.05, 0) is 24.6 Å². The number of sulfone groups is 1. The molecule has 2 rings (SSSR count). The van der Waals surface area contributed by atoms with Crippen LogP contribution in [-0.4, -0.2) is 27.3 Å². The Morgan fingerprint density at radius 1 is 1.41 bits per heavy atom. The van der Waals surface area contributed by atoms with Crippen LogP contribution >= 0.6 is 0 Å². The summed E-state index contributed by atoms with van der Waals surface area (Å²) in [6, 6.07) is 5.57. The second kappa shape index (κ2) is 4.41. The summed E-state index contributed by atoms with van der Waals surface area (Å²) in [5.41, 5.74) is 1.91. The predicted molar refractivity (Wildman–Crippen MR) is 68.1 cm³/mol. The lowest BCUT2D eigenvalue weighted by atomic mass is 10.2. The van der Waals surface area contributed by atoms with Crippen molar-refractivity contribution < 1.29 is 13.2 Å². The minimum atomic E-state index is -3.03. The summed E-state index contributed by atoms with van der Waals surface area (Å²) in [6.07, 6.45) is 1.66. The molecule has 17 heavy (non-hydrogen) atoms. The lowest BCUT2D eigenvalue weighted by Crippen LogP contribution is -2.21. The maximum Gasteiger partial charge on any atom is 0.173 e. The van der Waals surface area contributed by atoms with Crippen LogP contribution in [-0.2, 0) is 9.84 Å². The van der Waals surface area contributed by atoms with Crippen molar-refractivity contribution in [2.24, 2.45) is 0 Å². The molecule has 1 aromatic rings. The second-order valence-corrected chi connectivity index (χ2v) is 6.04. The van der Waals surface area contributed by atoms with Crippen LogP contribution in [0.1, 0.15) is 5.56 Å². The van der Waals surface area contributed by atoms with Gasteiger partial charge in [0.25, 0.3) is 0 Å². The van der Waals surface area contributed by atoms with E-state index in [1.54, 1.807) is 13.2 Å². The van der Waals surface area contributed by atoms with Gasteiger partial charge in [0.05, 0.1) is 24.6 Å². The van der Waals surface area contributed by atoms with Crippen molar-refractivity contribution in [3.05, 3.63) is 35.2 Å². The highest BCUT2D eigenvalue weighted by Gasteiger charge is 2.22. The highest BCUT2D eigenvalue weighted by molar-refractivity contribution is 7.94. The molecule has 0 aliphatic carbocycles. The molecule has 92 valence electrons. The molecule has 0 radical (unpaired) electrons. The first kappa shape index (κ1) is 12.0. The lowest BCUT2D eigenvalue weighted by Gasteiger charge is -2.15.